The number of aromatic amines is 1. The van der Waals surface area contributed by atoms with Gasteiger partial charge in [0.05, 0.1) is 6.61 Å². The Morgan fingerprint density at radius 2 is 2.25 bits per heavy atom. The topological polar surface area (TPSA) is 92.5 Å². The molecular formula is C17H18N4O3. The van der Waals surface area contributed by atoms with E-state index in [1.807, 2.05) is 31.2 Å². The van der Waals surface area contributed by atoms with Crippen molar-refractivity contribution in [1.29, 1.82) is 0 Å². The van der Waals surface area contributed by atoms with Crippen LogP contribution in [-0.4, -0.2) is 22.3 Å². The first kappa shape index (κ1) is 15.8. The SMILES string of the molecule is CCOc1cccc2cc(/C(C)=N\Nc3nc(C)cc(=O)[nH]3)oc12. The summed E-state index contributed by atoms with van der Waals surface area (Å²) >= 11 is 0. The molecule has 0 aliphatic heterocycles. The molecule has 0 saturated carbocycles. The number of furan rings is 1. The highest BCUT2D eigenvalue weighted by Crippen LogP contribution is 2.29. The average Bonchev–Trinajstić information content (AvgIpc) is 2.97. The van der Waals surface area contributed by atoms with E-state index in [1.54, 1.807) is 13.8 Å². The third-order valence-corrected chi connectivity index (χ3v) is 3.36. The monoisotopic (exact) mass is 326 g/mol. The van der Waals surface area contributed by atoms with E-state index >= 15 is 0 Å². The number of hydrogen-bond donors (Lipinski definition) is 2. The zero-order valence-electron chi connectivity index (χ0n) is 13.7. The zero-order valence-corrected chi connectivity index (χ0v) is 13.7. The normalized spacial score (nSPS) is 11.7. The minimum absolute atomic E-state index is 0.233. The first-order valence-electron chi connectivity index (χ1n) is 7.61. The van der Waals surface area contributed by atoms with Crippen LogP contribution in [0.5, 0.6) is 5.75 Å². The standard InChI is InChI=1S/C17H18N4O3/c1-4-23-13-7-5-6-12-9-14(24-16(12)13)11(3)20-21-17-18-10(2)8-15(22)19-17/h5-9H,4H2,1-3H3,(H2,18,19,21,22)/b20-11-. The van der Waals surface area contributed by atoms with E-state index in [9.17, 15) is 4.79 Å². The smallest absolute Gasteiger partial charge is 0.252 e. The largest absolute Gasteiger partial charge is 0.490 e. The van der Waals surface area contributed by atoms with Gasteiger partial charge in [-0.25, -0.2) is 10.4 Å². The van der Waals surface area contributed by atoms with Crippen molar-refractivity contribution in [3.8, 4) is 5.75 Å². The van der Waals surface area contributed by atoms with E-state index < -0.39 is 0 Å². The number of rotatable bonds is 5. The van der Waals surface area contributed by atoms with Gasteiger partial charge in [-0.3, -0.25) is 9.78 Å². The van der Waals surface area contributed by atoms with Gasteiger partial charge >= 0.3 is 0 Å². The summed E-state index contributed by atoms with van der Waals surface area (Å²) in [4.78, 5) is 18.2. The molecule has 0 bridgehead atoms. The molecule has 0 spiro atoms. The third kappa shape index (κ3) is 3.29. The molecule has 0 fully saturated rings. The van der Waals surface area contributed by atoms with Crippen LogP contribution in [0.2, 0.25) is 0 Å². The number of aromatic nitrogens is 2. The van der Waals surface area contributed by atoms with E-state index in [4.69, 9.17) is 9.15 Å². The molecule has 0 saturated heterocycles. The molecule has 7 heteroatoms. The number of fused-ring (bicyclic) bond motifs is 1. The van der Waals surface area contributed by atoms with Gasteiger partial charge in [0.2, 0.25) is 5.95 Å². The van der Waals surface area contributed by atoms with Gasteiger partial charge in [0.15, 0.2) is 17.1 Å². The van der Waals surface area contributed by atoms with E-state index in [-0.39, 0.29) is 11.5 Å². The van der Waals surface area contributed by atoms with Crippen LogP contribution < -0.4 is 15.7 Å². The molecule has 3 aromatic rings. The van der Waals surface area contributed by atoms with Gasteiger partial charge in [0, 0.05) is 17.1 Å². The minimum atomic E-state index is -0.233. The van der Waals surface area contributed by atoms with Crippen LogP contribution in [0.25, 0.3) is 11.0 Å². The Morgan fingerprint density at radius 1 is 1.42 bits per heavy atom. The molecular weight excluding hydrogens is 308 g/mol. The van der Waals surface area contributed by atoms with Crippen molar-refractivity contribution >= 4 is 22.6 Å². The molecule has 2 N–H and O–H groups in total. The summed E-state index contributed by atoms with van der Waals surface area (Å²) in [6, 6.07) is 9.04. The summed E-state index contributed by atoms with van der Waals surface area (Å²) in [5.74, 6) is 1.59. The fraction of sp³-hybridized carbons (Fsp3) is 0.235. The van der Waals surface area contributed by atoms with E-state index in [0.29, 0.717) is 35.1 Å². The maximum absolute atomic E-state index is 11.4. The maximum atomic E-state index is 11.4. The predicted molar refractivity (Wildman–Crippen MR) is 92.8 cm³/mol. The van der Waals surface area contributed by atoms with Crippen molar-refractivity contribution < 1.29 is 9.15 Å². The molecule has 0 aliphatic rings. The lowest BCUT2D eigenvalue weighted by Crippen LogP contribution is -2.11. The Hall–Kier alpha value is -3.09. The van der Waals surface area contributed by atoms with Gasteiger partial charge in [-0.15, -0.1) is 0 Å². The first-order chi connectivity index (χ1) is 11.6. The number of anilines is 1. The van der Waals surface area contributed by atoms with Crippen LogP contribution in [0.4, 0.5) is 5.95 Å². The van der Waals surface area contributed by atoms with Crippen molar-refractivity contribution in [3.63, 3.8) is 0 Å². The van der Waals surface area contributed by atoms with E-state index in [2.05, 4.69) is 20.5 Å². The summed E-state index contributed by atoms with van der Waals surface area (Å²) in [7, 11) is 0. The number of nitrogens with one attached hydrogen (secondary N) is 2. The number of hydrazone groups is 1. The molecule has 24 heavy (non-hydrogen) atoms. The molecule has 2 heterocycles. The lowest BCUT2D eigenvalue weighted by molar-refractivity contribution is 0.338. The summed E-state index contributed by atoms with van der Waals surface area (Å²) < 4.78 is 11.4. The van der Waals surface area contributed by atoms with E-state index in [1.165, 1.54) is 6.07 Å². The highest BCUT2D eigenvalue weighted by atomic mass is 16.5. The van der Waals surface area contributed by atoms with Crippen molar-refractivity contribution in [2.75, 3.05) is 12.0 Å². The number of aryl methyl sites for hydroxylation is 1. The number of nitrogens with zero attached hydrogens (tertiary/aromatic N) is 2. The van der Waals surface area contributed by atoms with Gasteiger partial charge in [-0.05, 0) is 32.9 Å². The zero-order chi connectivity index (χ0) is 17.1. The molecule has 124 valence electrons. The third-order valence-electron chi connectivity index (χ3n) is 3.36. The van der Waals surface area contributed by atoms with Crippen LogP contribution in [0.3, 0.4) is 0 Å². The molecule has 0 atom stereocenters. The van der Waals surface area contributed by atoms with Crippen LogP contribution in [-0.2, 0) is 0 Å². The number of benzene rings is 1. The molecule has 7 nitrogen and oxygen atoms in total. The van der Waals surface area contributed by atoms with Gasteiger partial charge < -0.3 is 9.15 Å². The lowest BCUT2D eigenvalue weighted by atomic mass is 10.2. The second-order valence-corrected chi connectivity index (χ2v) is 5.26. The molecule has 3 rings (SSSR count). The van der Waals surface area contributed by atoms with Crippen molar-refractivity contribution in [3.05, 3.63) is 52.1 Å². The van der Waals surface area contributed by atoms with Gasteiger partial charge in [0.25, 0.3) is 5.56 Å². The van der Waals surface area contributed by atoms with Crippen molar-refractivity contribution in [2.24, 2.45) is 5.10 Å². The second-order valence-electron chi connectivity index (χ2n) is 5.26. The number of para-hydroxylation sites is 1. The average molecular weight is 326 g/mol. The first-order valence-corrected chi connectivity index (χ1v) is 7.61. The summed E-state index contributed by atoms with van der Waals surface area (Å²) in [5, 5.41) is 5.15. The molecule has 0 aliphatic carbocycles. The van der Waals surface area contributed by atoms with Crippen LogP contribution in [0.1, 0.15) is 25.3 Å². The Labute approximate surface area is 138 Å². The Kier molecular flexibility index (Phi) is 4.33. The highest BCUT2D eigenvalue weighted by Gasteiger charge is 2.11. The molecule has 0 unspecified atom stereocenters. The van der Waals surface area contributed by atoms with Crippen molar-refractivity contribution in [1.82, 2.24) is 9.97 Å². The Bertz CT molecular complexity index is 956. The van der Waals surface area contributed by atoms with Crippen LogP contribution in [0, 0.1) is 6.92 Å². The molecule has 0 radical (unpaired) electrons. The summed E-state index contributed by atoms with van der Waals surface area (Å²) in [6.45, 7) is 6.04. The number of H-pyrrole nitrogens is 1. The maximum Gasteiger partial charge on any atom is 0.252 e. The van der Waals surface area contributed by atoms with E-state index in [0.717, 1.165) is 5.39 Å². The number of hydrogen-bond acceptors (Lipinski definition) is 6. The summed E-state index contributed by atoms with van der Waals surface area (Å²) in [6.07, 6.45) is 0. The fourth-order valence-corrected chi connectivity index (χ4v) is 2.31. The Morgan fingerprint density at radius 3 is 3.00 bits per heavy atom. The van der Waals surface area contributed by atoms with Crippen LogP contribution >= 0.6 is 0 Å². The molecule has 0 amide bonds. The summed E-state index contributed by atoms with van der Waals surface area (Å²) in [5.41, 5.74) is 4.42. The molecule has 2 aromatic heterocycles. The lowest BCUT2D eigenvalue weighted by Gasteiger charge is -2.02. The predicted octanol–water partition coefficient (Wildman–Crippen LogP) is 3.06. The minimum Gasteiger partial charge on any atom is -0.490 e. The number of ether oxygens (including phenoxy) is 1. The van der Waals surface area contributed by atoms with Crippen LogP contribution in [0.15, 0.2) is 44.6 Å². The Balaban J connectivity index is 1.89. The quantitative estimate of drug-likeness (QED) is 0.555. The second kappa shape index (κ2) is 6.57. The van der Waals surface area contributed by atoms with Gasteiger partial charge in [0.1, 0.15) is 5.71 Å². The fourth-order valence-electron chi connectivity index (χ4n) is 2.31. The van der Waals surface area contributed by atoms with Crippen molar-refractivity contribution in [2.45, 2.75) is 20.8 Å². The molecule has 1 aromatic carbocycles. The van der Waals surface area contributed by atoms with Gasteiger partial charge in [-0.1, -0.05) is 12.1 Å². The highest BCUT2D eigenvalue weighted by molar-refractivity contribution is 6.00. The van der Waals surface area contributed by atoms with Gasteiger partial charge in [-0.2, -0.15) is 5.10 Å².